The minimum Gasteiger partial charge on any atom is -0.338 e. The van der Waals surface area contributed by atoms with Crippen LogP contribution in [0.5, 0.6) is 0 Å². The fourth-order valence-electron chi connectivity index (χ4n) is 1.26. The Morgan fingerprint density at radius 2 is 2.24 bits per heavy atom. The first-order chi connectivity index (χ1) is 7.97. The number of nitrogens with zero attached hydrogens (tertiary/aromatic N) is 2. The van der Waals surface area contributed by atoms with Crippen molar-refractivity contribution in [1.82, 2.24) is 4.90 Å². The second-order valence-corrected chi connectivity index (χ2v) is 4.04. The molecule has 0 aliphatic heterocycles. The summed E-state index contributed by atoms with van der Waals surface area (Å²) >= 11 is 5.66. The Balaban J connectivity index is 2.96. The molecule has 17 heavy (non-hydrogen) atoms. The topological polar surface area (TPSA) is 63.5 Å². The molecule has 0 saturated carbocycles. The summed E-state index contributed by atoms with van der Waals surface area (Å²) in [6.07, 6.45) is 0. The molecule has 1 amide bonds. The number of amides is 1. The van der Waals surface area contributed by atoms with Crippen molar-refractivity contribution in [2.75, 3.05) is 12.9 Å². The van der Waals surface area contributed by atoms with Crippen LogP contribution in [-0.4, -0.2) is 34.7 Å². The van der Waals surface area contributed by atoms with Gasteiger partial charge in [0, 0.05) is 36.7 Å². The molecule has 0 spiro atoms. The van der Waals surface area contributed by atoms with Gasteiger partial charge in [-0.2, -0.15) is 0 Å². The van der Waals surface area contributed by atoms with Crippen molar-refractivity contribution in [2.24, 2.45) is 0 Å². The molecular formula is C11H13ClN2O3. The zero-order valence-electron chi connectivity index (χ0n) is 9.59. The fraction of sp³-hybridized carbons (Fsp3) is 0.364. The van der Waals surface area contributed by atoms with Gasteiger partial charge in [-0.15, -0.1) is 11.6 Å². The third-order valence-corrected chi connectivity index (χ3v) is 2.96. The lowest BCUT2D eigenvalue weighted by Gasteiger charge is -2.22. The van der Waals surface area contributed by atoms with Crippen LogP contribution in [0, 0.1) is 10.1 Å². The number of hydrogen-bond acceptors (Lipinski definition) is 3. The number of carbonyl (C=O) groups is 1. The number of carbonyl (C=O) groups excluding carboxylic acids is 1. The molecule has 0 N–H and O–H groups in total. The van der Waals surface area contributed by atoms with E-state index < -0.39 is 4.92 Å². The zero-order valence-corrected chi connectivity index (χ0v) is 10.3. The summed E-state index contributed by atoms with van der Waals surface area (Å²) in [6.45, 7) is 1.81. The summed E-state index contributed by atoms with van der Waals surface area (Å²) in [4.78, 5) is 23.5. The predicted molar refractivity (Wildman–Crippen MR) is 65.4 cm³/mol. The highest BCUT2D eigenvalue weighted by Crippen LogP contribution is 2.15. The highest BCUT2D eigenvalue weighted by atomic mass is 35.5. The van der Waals surface area contributed by atoms with Gasteiger partial charge < -0.3 is 4.90 Å². The van der Waals surface area contributed by atoms with Gasteiger partial charge >= 0.3 is 0 Å². The first-order valence-electron chi connectivity index (χ1n) is 5.05. The maximum atomic E-state index is 12.0. The predicted octanol–water partition coefficient (Wildman–Crippen LogP) is 2.29. The van der Waals surface area contributed by atoms with Crippen LogP contribution in [0.4, 0.5) is 5.69 Å². The minimum absolute atomic E-state index is 0.0947. The fourth-order valence-corrected chi connectivity index (χ4v) is 1.47. The molecule has 1 aromatic carbocycles. The molecule has 5 nitrogen and oxygen atoms in total. The average Bonchev–Trinajstić information content (AvgIpc) is 2.36. The molecule has 1 atom stereocenters. The molecule has 1 aromatic rings. The summed E-state index contributed by atoms with van der Waals surface area (Å²) in [6, 6.07) is 5.53. The van der Waals surface area contributed by atoms with Crippen molar-refractivity contribution in [1.29, 1.82) is 0 Å². The highest BCUT2D eigenvalue weighted by molar-refractivity contribution is 6.18. The van der Waals surface area contributed by atoms with Gasteiger partial charge in [0.05, 0.1) is 4.92 Å². The van der Waals surface area contributed by atoms with Gasteiger partial charge in [-0.1, -0.05) is 6.07 Å². The van der Waals surface area contributed by atoms with Crippen molar-refractivity contribution in [3.05, 3.63) is 39.9 Å². The molecule has 0 aliphatic carbocycles. The monoisotopic (exact) mass is 256 g/mol. The number of rotatable bonds is 4. The lowest BCUT2D eigenvalue weighted by atomic mass is 10.1. The molecule has 0 aliphatic rings. The van der Waals surface area contributed by atoms with E-state index in [1.54, 1.807) is 13.1 Å². The molecule has 1 rings (SSSR count). The van der Waals surface area contributed by atoms with Crippen molar-refractivity contribution < 1.29 is 9.72 Å². The lowest BCUT2D eigenvalue weighted by molar-refractivity contribution is -0.384. The Bertz CT molecular complexity index is 436. The summed E-state index contributed by atoms with van der Waals surface area (Å²) in [5.41, 5.74) is 0.196. The van der Waals surface area contributed by atoms with Gasteiger partial charge in [0.15, 0.2) is 0 Å². The molecule has 92 valence electrons. The molecule has 0 radical (unpaired) electrons. The van der Waals surface area contributed by atoms with E-state index in [9.17, 15) is 14.9 Å². The Hall–Kier alpha value is -1.62. The molecule has 0 heterocycles. The number of non-ortho nitro benzene ring substituents is 1. The largest absolute Gasteiger partial charge is 0.338 e. The first kappa shape index (κ1) is 13.4. The van der Waals surface area contributed by atoms with E-state index in [0.29, 0.717) is 11.4 Å². The summed E-state index contributed by atoms with van der Waals surface area (Å²) in [5.74, 6) is 0.0406. The molecule has 0 aromatic heterocycles. The molecule has 0 saturated heterocycles. The smallest absolute Gasteiger partial charge is 0.270 e. The quantitative estimate of drug-likeness (QED) is 0.472. The number of alkyl halides is 1. The number of nitro groups is 1. The van der Waals surface area contributed by atoms with E-state index in [-0.39, 0.29) is 17.6 Å². The van der Waals surface area contributed by atoms with Crippen LogP contribution < -0.4 is 0 Å². The Kier molecular flexibility index (Phi) is 4.45. The second-order valence-electron chi connectivity index (χ2n) is 3.73. The standard InChI is InChI=1S/C11H13ClN2O3/c1-8(7-12)13(2)11(15)9-4-3-5-10(6-9)14(16)17/h3-6,8H,7H2,1-2H3. The number of benzene rings is 1. The van der Waals surface area contributed by atoms with Crippen molar-refractivity contribution in [3.8, 4) is 0 Å². The van der Waals surface area contributed by atoms with Crippen LogP contribution in [0.3, 0.4) is 0 Å². The van der Waals surface area contributed by atoms with Crippen molar-refractivity contribution in [3.63, 3.8) is 0 Å². The van der Waals surface area contributed by atoms with E-state index >= 15 is 0 Å². The Labute approximate surface area is 104 Å². The Morgan fingerprint density at radius 1 is 1.59 bits per heavy atom. The van der Waals surface area contributed by atoms with Crippen molar-refractivity contribution in [2.45, 2.75) is 13.0 Å². The van der Waals surface area contributed by atoms with E-state index in [1.165, 1.54) is 23.1 Å². The van der Waals surface area contributed by atoms with Crippen LogP contribution in [-0.2, 0) is 0 Å². The van der Waals surface area contributed by atoms with Gasteiger partial charge in [0.2, 0.25) is 0 Å². The van der Waals surface area contributed by atoms with E-state index in [0.717, 1.165) is 0 Å². The average molecular weight is 257 g/mol. The highest BCUT2D eigenvalue weighted by Gasteiger charge is 2.18. The second kappa shape index (κ2) is 5.63. The van der Waals surface area contributed by atoms with Gasteiger partial charge in [-0.05, 0) is 13.0 Å². The third-order valence-electron chi connectivity index (χ3n) is 2.51. The van der Waals surface area contributed by atoms with Crippen LogP contribution in [0.1, 0.15) is 17.3 Å². The normalized spacial score (nSPS) is 11.9. The van der Waals surface area contributed by atoms with E-state index in [2.05, 4.69) is 0 Å². The summed E-state index contributed by atoms with van der Waals surface area (Å²) in [7, 11) is 1.62. The minimum atomic E-state index is -0.526. The SMILES string of the molecule is CC(CCl)N(C)C(=O)c1cccc([N+](=O)[O-])c1. The first-order valence-corrected chi connectivity index (χ1v) is 5.58. The molecule has 6 heteroatoms. The van der Waals surface area contributed by atoms with Gasteiger partial charge in [0.25, 0.3) is 11.6 Å². The molecule has 0 bridgehead atoms. The van der Waals surface area contributed by atoms with E-state index in [4.69, 9.17) is 11.6 Å². The third kappa shape index (κ3) is 3.17. The van der Waals surface area contributed by atoms with Crippen LogP contribution in [0.2, 0.25) is 0 Å². The van der Waals surface area contributed by atoms with Gasteiger partial charge in [-0.3, -0.25) is 14.9 Å². The zero-order chi connectivity index (χ0) is 13.0. The maximum Gasteiger partial charge on any atom is 0.270 e. The van der Waals surface area contributed by atoms with Gasteiger partial charge in [0.1, 0.15) is 0 Å². The van der Waals surface area contributed by atoms with E-state index in [1.807, 2.05) is 6.92 Å². The summed E-state index contributed by atoms with van der Waals surface area (Å²) in [5, 5.41) is 10.6. The van der Waals surface area contributed by atoms with Crippen LogP contribution >= 0.6 is 11.6 Å². The molecule has 0 fully saturated rings. The van der Waals surface area contributed by atoms with Crippen LogP contribution in [0.25, 0.3) is 0 Å². The molecule has 1 unspecified atom stereocenters. The lowest BCUT2D eigenvalue weighted by Crippen LogP contribution is -2.36. The summed E-state index contributed by atoms with van der Waals surface area (Å²) < 4.78 is 0. The maximum absolute atomic E-state index is 12.0. The van der Waals surface area contributed by atoms with Crippen LogP contribution in [0.15, 0.2) is 24.3 Å². The Morgan fingerprint density at radius 3 is 2.76 bits per heavy atom. The number of nitro benzene ring substituents is 1. The van der Waals surface area contributed by atoms with Crippen molar-refractivity contribution >= 4 is 23.2 Å². The number of hydrogen-bond donors (Lipinski definition) is 0. The number of halogens is 1. The van der Waals surface area contributed by atoms with Gasteiger partial charge in [-0.25, -0.2) is 0 Å². The molecular weight excluding hydrogens is 244 g/mol.